The molecule has 34 heavy (non-hydrogen) atoms. The van der Waals surface area contributed by atoms with E-state index in [9.17, 15) is 9.59 Å². The molecule has 6 heteroatoms. The summed E-state index contributed by atoms with van der Waals surface area (Å²) < 4.78 is 5.33. The second-order valence-electron chi connectivity index (χ2n) is 9.64. The highest BCUT2D eigenvalue weighted by molar-refractivity contribution is 7.10. The minimum absolute atomic E-state index is 0.0256. The Kier molecular flexibility index (Phi) is 10.00. The zero-order chi connectivity index (χ0) is 24.5. The van der Waals surface area contributed by atoms with Gasteiger partial charge in [-0.3, -0.25) is 9.59 Å². The Morgan fingerprint density at radius 2 is 1.85 bits per heavy atom. The molecule has 2 heterocycles. The minimum atomic E-state index is -0.126. The maximum absolute atomic E-state index is 13.7. The van der Waals surface area contributed by atoms with E-state index < -0.39 is 0 Å². The van der Waals surface area contributed by atoms with E-state index in [1.165, 1.54) is 29.7 Å². The molecule has 1 unspecified atom stereocenters. The number of fused-ring (bicyclic) bond motifs is 1. The van der Waals surface area contributed by atoms with Crippen LogP contribution in [0.25, 0.3) is 0 Å². The summed E-state index contributed by atoms with van der Waals surface area (Å²) >= 11 is 1.76. The van der Waals surface area contributed by atoms with E-state index in [4.69, 9.17) is 4.74 Å². The van der Waals surface area contributed by atoms with Crippen molar-refractivity contribution in [2.75, 3.05) is 26.7 Å². The molecule has 1 aliphatic heterocycles. The molecule has 0 spiro atoms. The molecular formula is C28H40N2O3S. The van der Waals surface area contributed by atoms with Crippen LogP contribution in [-0.2, 0) is 16.0 Å². The fraction of sp³-hybridized carbons (Fsp3) is 0.571. The lowest BCUT2D eigenvalue weighted by molar-refractivity contribution is -0.142. The smallest absolute Gasteiger partial charge is 0.242 e. The number of carbonyl (C=O) groups excluding carboxylic acids is 2. The van der Waals surface area contributed by atoms with Crippen LogP contribution in [0, 0.1) is 5.92 Å². The van der Waals surface area contributed by atoms with Crippen molar-refractivity contribution in [3.63, 3.8) is 0 Å². The number of carbonyl (C=O) groups is 2. The quantitative estimate of drug-likeness (QED) is 0.343. The van der Waals surface area contributed by atoms with Gasteiger partial charge in [0.25, 0.3) is 0 Å². The number of nitrogens with zero attached hydrogens (tertiary/aromatic N) is 2. The Hall–Kier alpha value is -2.34. The Balaban J connectivity index is 1.75. The van der Waals surface area contributed by atoms with Crippen LogP contribution in [0.5, 0.6) is 5.75 Å². The molecule has 0 saturated carbocycles. The second-order valence-corrected chi connectivity index (χ2v) is 10.6. The number of rotatable bonds is 12. The first kappa shape index (κ1) is 26.3. The number of ether oxygens (including phenoxy) is 1. The van der Waals surface area contributed by atoms with Crippen molar-refractivity contribution in [1.29, 1.82) is 0 Å². The zero-order valence-electron chi connectivity index (χ0n) is 21.2. The maximum Gasteiger partial charge on any atom is 0.242 e. The molecule has 1 aromatic carbocycles. The first-order chi connectivity index (χ1) is 16.4. The van der Waals surface area contributed by atoms with Crippen LogP contribution in [0.3, 0.4) is 0 Å². The largest absolute Gasteiger partial charge is 0.497 e. The van der Waals surface area contributed by atoms with Gasteiger partial charge in [0.1, 0.15) is 5.75 Å². The number of unbranched alkanes of at least 4 members (excludes halogenated alkanes) is 4. The van der Waals surface area contributed by atoms with Crippen LogP contribution in [0.1, 0.15) is 81.3 Å². The van der Waals surface area contributed by atoms with Crippen molar-refractivity contribution in [1.82, 2.24) is 9.80 Å². The molecule has 0 fully saturated rings. The van der Waals surface area contributed by atoms with Gasteiger partial charge in [-0.05, 0) is 53.5 Å². The highest BCUT2D eigenvalue weighted by atomic mass is 32.1. The van der Waals surface area contributed by atoms with E-state index in [0.29, 0.717) is 25.4 Å². The van der Waals surface area contributed by atoms with Gasteiger partial charge in [0, 0.05) is 24.4 Å². The van der Waals surface area contributed by atoms with Gasteiger partial charge in [0.2, 0.25) is 11.8 Å². The molecule has 0 saturated heterocycles. The Morgan fingerprint density at radius 1 is 1.12 bits per heavy atom. The van der Waals surface area contributed by atoms with Gasteiger partial charge in [0.15, 0.2) is 0 Å². The third-order valence-corrected chi connectivity index (χ3v) is 7.47. The third-order valence-electron chi connectivity index (χ3n) is 6.48. The summed E-state index contributed by atoms with van der Waals surface area (Å²) in [6, 6.07) is 10.0. The number of hydrogen-bond acceptors (Lipinski definition) is 4. The Labute approximate surface area is 209 Å². The van der Waals surface area contributed by atoms with Gasteiger partial charge >= 0.3 is 0 Å². The highest BCUT2D eigenvalue weighted by Gasteiger charge is 2.34. The summed E-state index contributed by atoms with van der Waals surface area (Å²) in [6.45, 7) is 7.83. The van der Waals surface area contributed by atoms with Gasteiger partial charge in [-0.2, -0.15) is 0 Å². The molecule has 3 rings (SSSR count). The van der Waals surface area contributed by atoms with Crippen molar-refractivity contribution in [3.05, 3.63) is 51.7 Å². The van der Waals surface area contributed by atoms with Crippen molar-refractivity contribution in [3.8, 4) is 5.75 Å². The van der Waals surface area contributed by atoms with Crippen molar-refractivity contribution < 1.29 is 14.3 Å². The predicted molar refractivity (Wildman–Crippen MR) is 139 cm³/mol. The Morgan fingerprint density at radius 3 is 2.53 bits per heavy atom. The van der Waals surface area contributed by atoms with Gasteiger partial charge in [0.05, 0.1) is 19.7 Å². The summed E-state index contributed by atoms with van der Waals surface area (Å²) in [5.41, 5.74) is 2.28. The van der Waals surface area contributed by atoms with Crippen LogP contribution < -0.4 is 4.74 Å². The lowest BCUT2D eigenvalue weighted by Gasteiger charge is -2.38. The van der Waals surface area contributed by atoms with Crippen LogP contribution in [0.15, 0.2) is 35.7 Å². The van der Waals surface area contributed by atoms with Crippen molar-refractivity contribution >= 4 is 23.2 Å². The van der Waals surface area contributed by atoms with Crippen LogP contribution in [0.2, 0.25) is 0 Å². The van der Waals surface area contributed by atoms with Gasteiger partial charge in [-0.1, -0.05) is 58.6 Å². The highest BCUT2D eigenvalue weighted by Crippen LogP contribution is 2.38. The van der Waals surface area contributed by atoms with E-state index in [1.54, 1.807) is 23.3 Å². The van der Waals surface area contributed by atoms with Gasteiger partial charge in [-0.15, -0.1) is 11.3 Å². The number of amides is 2. The van der Waals surface area contributed by atoms with Crippen molar-refractivity contribution in [2.24, 2.45) is 5.92 Å². The molecule has 0 aliphatic carbocycles. The molecule has 0 radical (unpaired) electrons. The molecule has 0 bridgehead atoms. The topological polar surface area (TPSA) is 49.9 Å². The molecule has 1 aromatic heterocycles. The number of thiophene rings is 1. The zero-order valence-corrected chi connectivity index (χ0v) is 22.0. The molecule has 1 atom stereocenters. The lowest BCUT2D eigenvalue weighted by atomic mass is 9.93. The van der Waals surface area contributed by atoms with Crippen LogP contribution in [-0.4, -0.2) is 48.4 Å². The third kappa shape index (κ3) is 6.84. The standard InChI is InChI=1S/C28H40N2O3S/c1-5-6-7-8-9-10-26(31)29(19-21(2)3)20-27(32)30-17-15-25-24(16-18-34-25)28(30)22-11-13-23(33-4)14-12-22/h11-14,16,18,21,28H,5-10,15,17,19-20H2,1-4H3. The summed E-state index contributed by atoms with van der Waals surface area (Å²) in [5.74, 6) is 1.25. The molecule has 1 aliphatic rings. The average Bonchev–Trinajstić information content (AvgIpc) is 3.31. The van der Waals surface area contributed by atoms with E-state index >= 15 is 0 Å². The molecular weight excluding hydrogens is 444 g/mol. The lowest BCUT2D eigenvalue weighted by Crippen LogP contribution is -2.47. The summed E-state index contributed by atoms with van der Waals surface area (Å²) in [4.78, 5) is 31.8. The van der Waals surface area contributed by atoms with E-state index in [1.807, 2.05) is 29.2 Å². The SMILES string of the molecule is CCCCCCCC(=O)N(CC(=O)N1CCc2sccc2C1c1ccc(OC)cc1)CC(C)C. The first-order valence-electron chi connectivity index (χ1n) is 12.7. The normalized spacial score (nSPS) is 15.3. The van der Waals surface area contributed by atoms with Crippen molar-refractivity contribution in [2.45, 2.75) is 71.8 Å². The van der Waals surface area contributed by atoms with Gasteiger partial charge < -0.3 is 14.5 Å². The van der Waals surface area contributed by atoms with Crippen LogP contribution in [0.4, 0.5) is 0 Å². The van der Waals surface area contributed by atoms with E-state index in [0.717, 1.165) is 30.6 Å². The summed E-state index contributed by atoms with van der Waals surface area (Å²) in [7, 11) is 1.66. The predicted octanol–water partition coefficient (Wildman–Crippen LogP) is 6.08. The molecule has 5 nitrogen and oxygen atoms in total. The first-order valence-corrected chi connectivity index (χ1v) is 13.6. The monoisotopic (exact) mass is 484 g/mol. The molecule has 2 aromatic rings. The maximum atomic E-state index is 13.7. The fourth-order valence-corrected chi connectivity index (χ4v) is 5.62. The van der Waals surface area contributed by atoms with E-state index in [2.05, 4.69) is 32.2 Å². The average molecular weight is 485 g/mol. The number of hydrogen-bond donors (Lipinski definition) is 0. The summed E-state index contributed by atoms with van der Waals surface area (Å²) in [6.07, 6.45) is 6.95. The fourth-order valence-electron chi connectivity index (χ4n) is 4.72. The summed E-state index contributed by atoms with van der Waals surface area (Å²) in [5, 5.41) is 2.11. The van der Waals surface area contributed by atoms with Crippen LogP contribution >= 0.6 is 11.3 Å². The second kappa shape index (κ2) is 12.9. The number of methoxy groups -OCH3 is 1. The molecule has 2 amide bonds. The number of benzene rings is 1. The molecule has 186 valence electrons. The Bertz CT molecular complexity index is 922. The van der Waals surface area contributed by atoms with E-state index in [-0.39, 0.29) is 24.4 Å². The molecule has 0 N–H and O–H groups in total. The van der Waals surface area contributed by atoms with Gasteiger partial charge in [-0.25, -0.2) is 0 Å². The minimum Gasteiger partial charge on any atom is -0.497 e.